The van der Waals surface area contributed by atoms with Gasteiger partial charge >= 0.3 is 0 Å². The summed E-state index contributed by atoms with van der Waals surface area (Å²) in [6, 6.07) is 0. The van der Waals surface area contributed by atoms with E-state index in [0.717, 1.165) is 5.82 Å². The fourth-order valence-corrected chi connectivity index (χ4v) is 1.46. The van der Waals surface area contributed by atoms with Crippen LogP contribution in [0.3, 0.4) is 0 Å². The number of aromatic amines is 1. The molecule has 7 nitrogen and oxygen atoms in total. The van der Waals surface area contributed by atoms with Crippen LogP contribution in [0.15, 0.2) is 17.5 Å². The molecule has 1 amide bonds. The van der Waals surface area contributed by atoms with Gasteiger partial charge in [0.1, 0.15) is 5.82 Å². The summed E-state index contributed by atoms with van der Waals surface area (Å²) in [6.07, 6.45) is 4.48. The number of carbonyl (C=O) groups is 1. The molecule has 0 saturated carbocycles. The zero-order valence-corrected chi connectivity index (χ0v) is 9.68. The lowest BCUT2D eigenvalue weighted by Crippen LogP contribution is -2.39. The minimum atomic E-state index is -0.586. The molecule has 7 heteroatoms. The number of H-pyrrole nitrogens is 1. The van der Waals surface area contributed by atoms with Crippen LogP contribution in [0.5, 0.6) is 0 Å². The number of nitrogens with two attached hydrogens (primary N) is 1. The van der Waals surface area contributed by atoms with Crippen molar-refractivity contribution in [1.29, 1.82) is 0 Å². The first kappa shape index (κ1) is 13.0. The van der Waals surface area contributed by atoms with Gasteiger partial charge in [0.2, 0.25) is 5.91 Å². The molecule has 1 unspecified atom stereocenters. The van der Waals surface area contributed by atoms with E-state index in [-0.39, 0.29) is 11.7 Å². The summed E-state index contributed by atoms with van der Waals surface area (Å²) in [7, 11) is 0. The van der Waals surface area contributed by atoms with Gasteiger partial charge in [-0.15, -0.1) is 0 Å². The Bertz CT molecular complexity index is 374. The maximum atomic E-state index is 11.7. The molecule has 94 valence electrons. The largest absolute Gasteiger partial charge is 0.409 e. The third-order valence-electron chi connectivity index (χ3n) is 2.41. The van der Waals surface area contributed by atoms with Gasteiger partial charge in [-0.1, -0.05) is 12.1 Å². The van der Waals surface area contributed by atoms with Gasteiger partial charge in [0.05, 0.1) is 5.92 Å². The minimum absolute atomic E-state index is 0.0667. The number of hydrogen-bond donors (Lipinski definition) is 4. The lowest BCUT2D eigenvalue weighted by Gasteiger charge is -2.12. The number of nitrogens with zero attached hydrogens (tertiary/aromatic N) is 2. The SMILES string of the molecule is CCC(C(=O)NCCc1ncc[nH]1)/C(N)=N/O. The van der Waals surface area contributed by atoms with Gasteiger partial charge in [0, 0.05) is 25.4 Å². The van der Waals surface area contributed by atoms with Crippen molar-refractivity contribution in [2.45, 2.75) is 19.8 Å². The molecule has 0 bridgehead atoms. The smallest absolute Gasteiger partial charge is 0.230 e. The Labute approximate surface area is 99.1 Å². The highest BCUT2D eigenvalue weighted by Crippen LogP contribution is 2.02. The zero-order valence-electron chi connectivity index (χ0n) is 9.68. The number of amides is 1. The van der Waals surface area contributed by atoms with Crippen LogP contribution in [0.1, 0.15) is 19.2 Å². The fraction of sp³-hybridized carbons (Fsp3) is 0.500. The molecule has 1 atom stereocenters. The predicted octanol–water partition coefficient (Wildman–Crippen LogP) is -0.159. The highest BCUT2D eigenvalue weighted by molar-refractivity contribution is 6.01. The predicted molar refractivity (Wildman–Crippen MR) is 62.5 cm³/mol. The lowest BCUT2D eigenvalue weighted by molar-refractivity contribution is -0.123. The Hall–Kier alpha value is -2.05. The van der Waals surface area contributed by atoms with Gasteiger partial charge in [-0.25, -0.2) is 4.98 Å². The highest BCUT2D eigenvalue weighted by atomic mass is 16.4. The van der Waals surface area contributed by atoms with Gasteiger partial charge in [-0.05, 0) is 6.42 Å². The number of imidazole rings is 1. The van der Waals surface area contributed by atoms with E-state index in [0.29, 0.717) is 19.4 Å². The second-order valence-corrected chi connectivity index (χ2v) is 3.56. The second kappa shape index (κ2) is 6.51. The van der Waals surface area contributed by atoms with Crippen molar-refractivity contribution < 1.29 is 10.0 Å². The minimum Gasteiger partial charge on any atom is -0.409 e. The van der Waals surface area contributed by atoms with Crippen LogP contribution in [0.4, 0.5) is 0 Å². The Morgan fingerprint density at radius 1 is 1.76 bits per heavy atom. The van der Waals surface area contributed by atoms with Crippen molar-refractivity contribution in [3.05, 3.63) is 18.2 Å². The summed E-state index contributed by atoms with van der Waals surface area (Å²) in [6.45, 7) is 2.26. The molecule has 5 N–H and O–H groups in total. The summed E-state index contributed by atoms with van der Waals surface area (Å²) in [4.78, 5) is 18.7. The molecule has 1 aromatic rings. The number of oxime groups is 1. The van der Waals surface area contributed by atoms with Crippen LogP contribution < -0.4 is 11.1 Å². The zero-order chi connectivity index (χ0) is 12.7. The lowest BCUT2D eigenvalue weighted by atomic mass is 10.0. The highest BCUT2D eigenvalue weighted by Gasteiger charge is 2.20. The van der Waals surface area contributed by atoms with Crippen LogP contribution in [-0.2, 0) is 11.2 Å². The number of rotatable bonds is 6. The van der Waals surface area contributed by atoms with Gasteiger partial charge < -0.3 is 21.2 Å². The number of nitrogens with one attached hydrogen (secondary N) is 2. The summed E-state index contributed by atoms with van der Waals surface area (Å²) >= 11 is 0. The second-order valence-electron chi connectivity index (χ2n) is 3.56. The standard InChI is InChI=1S/C10H17N5O2/c1-2-7(9(11)15-17)10(16)14-4-3-8-12-5-6-13-8/h5-7,17H,2-4H2,1H3,(H2,11,15)(H,12,13)(H,14,16). The summed E-state index contributed by atoms with van der Waals surface area (Å²) in [5.41, 5.74) is 5.42. The number of carbonyl (C=O) groups excluding carboxylic acids is 1. The van der Waals surface area contributed by atoms with E-state index < -0.39 is 5.92 Å². The molecule has 1 aromatic heterocycles. The van der Waals surface area contributed by atoms with Gasteiger partial charge in [0.25, 0.3) is 0 Å². The molecular formula is C10H17N5O2. The molecule has 1 rings (SSSR count). The Balaban J connectivity index is 2.38. The van der Waals surface area contributed by atoms with Crippen molar-refractivity contribution in [3.63, 3.8) is 0 Å². The van der Waals surface area contributed by atoms with Crippen molar-refractivity contribution >= 4 is 11.7 Å². The van der Waals surface area contributed by atoms with E-state index >= 15 is 0 Å². The monoisotopic (exact) mass is 239 g/mol. The molecule has 17 heavy (non-hydrogen) atoms. The van der Waals surface area contributed by atoms with Crippen molar-refractivity contribution in [1.82, 2.24) is 15.3 Å². The van der Waals surface area contributed by atoms with E-state index in [4.69, 9.17) is 10.9 Å². The molecule has 0 spiro atoms. The normalized spacial score (nSPS) is 13.4. The summed E-state index contributed by atoms with van der Waals surface area (Å²) < 4.78 is 0. The van der Waals surface area contributed by atoms with Crippen molar-refractivity contribution in [2.75, 3.05) is 6.54 Å². The number of hydrogen-bond acceptors (Lipinski definition) is 4. The Kier molecular flexibility index (Phi) is 4.99. The van der Waals surface area contributed by atoms with Crippen molar-refractivity contribution in [3.8, 4) is 0 Å². The van der Waals surface area contributed by atoms with Crippen LogP contribution in [0.25, 0.3) is 0 Å². The fourth-order valence-electron chi connectivity index (χ4n) is 1.46. The summed E-state index contributed by atoms with van der Waals surface area (Å²) in [5.74, 6) is -0.0869. The molecule has 0 aliphatic rings. The third-order valence-corrected chi connectivity index (χ3v) is 2.41. The van der Waals surface area contributed by atoms with E-state index in [9.17, 15) is 4.79 Å². The molecule has 0 radical (unpaired) electrons. The van der Waals surface area contributed by atoms with E-state index in [1.165, 1.54) is 0 Å². The van der Waals surface area contributed by atoms with E-state index in [2.05, 4.69) is 20.4 Å². The Morgan fingerprint density at radius 2 is 2.53 bits per heavy atom. The maximum absolute atomic E-state index is 11.7. The average Bonchev–Trinajstić information content (AvgIpc) is 2.82. The molecule has 1 heterocycles. The first-order valence-electron chi connectivity index (χ1n) is 5.42. The maximum Gasteiger partial charge on any atom is 0.230 e. The molecule has 0 fully saturated rings. The van der Waals surface area contributed by atoms with Gasteiger partial charge in [0.15, 0.2) is 5.84 Å². The van der Waals surface area contributed by atoms with Crippen LogP contribution in [-0.4, -0.2) is 33.5 Å². The third kappa shape index (κ3) is 3.78. The van der Waals surface area contributed by atoms with Crippen LogP contribution in [0, 0.1) is 5.92 Å². The number of amidine groups is 1. The van der Waals surface area contributed by atoms with Crippen molar-refractivity contribution in [2.24, 2.45) is 16.8 Å². The first-order valence-corrected chi connectivity index (χ1v) is 5.42. The molecular weight excluding hydrogens is 222 g/mol. The Morgan fingerprint density at radius 3 is 3.06 bits per heavy atom. The molecule has 0 aliphatic carbocycles. The molecule has 0 aliphatic heterocycles. The molecule has 0 aromatic carbocycles. The first-order chi connectivity index (χ1) is 8.19. The quantitative estimate of drug-likeness (QED) is 0.239. The topological polar surface area (TPSA) is 116 Å². The number of aromatic nitrogens is 2. The van der Waals surface area contributed by atoms with E-state index in [1.807, 2.05) is 0 Å². The van der Waals surface area contributed by atoms with E-state index in [1.54, 1.807) is 19.3 Å². The molecule has 0 saturated heterocycles. The van der Waals surface area contributed by atoms with Crippen LogP contribution in [0.2, 0.25) is 0 Å². The van der Waals surface area contributed by atoms with Crippen LogP contribution >= 0.6 is 0 Å². The van der Waals surface area contributed by atoms with Gasteiger partial charge in [-0.2, -0.15) is 0 Å². The average molecular weight is 239 g/mol. The van der Waals surface area contributed by atoms with Gasteiger partial charge in [-0.3, -0.25) is 4.79 Å². The summed E-state index contributed by atoms with van der Waals surface area (Å²) in [5, 5.41) is 14.1.